The summed E-state index contributed by atoms with van der Waals surface area (Å²) >= 11 is 0. The van der Waals surface area contributed by atoms with Crippen LogP contribution in [0.5, 0.6) is 0 Å². The Morgan fingerprint density at radius 2 is 1.96 bits per heavy atom. The molecule has 1 fully saturated rings. The molecule has 0 spiro atoms. The van der Waals surface area contributed by atoms with Crippen molar-refractivity contribution in [2.75, 3.05) is 13.1 Å². The number of amides is 2. The van der Waals surface area contributed by atoms with Gasteiger partial charge in [-0.3, -0.25) is 9.59 Å². The lowest BCUT2D eigenvalue weighted by Gasteiger charge is -2.31. The lowest BCUT2D eigenvalue weighted by Crippen LogP contribution is -2.46. The standard InChI is InChI=1S/C20H19N3O4/c24-18(7-8-19-22-15-4-1-2-5-16(15)27-19)21-14-9-11-23(12-10-14)20(25)17-6-3-13-26-17/h1-8,13-14H,9-12H2,(H,21,24)/b8-7+. The van der Waals surface area contributed by atoms with Crippen LogP contribution in [0.2, 0.25) is 0 Å². The van der Waals surface area contributed by atoms with Gasteiger partial charge in [0, 0.05) is 31.3 Å². The Balaban J connectivity index is 1.28. The van der Waals surface area contributed by atoms with Crippen LogP contribution in [0.25, 0.3) is 17.2 Å². The number of nitrogens with zero attached hydrogens (tertiary/aromatic N) is 2. The van der Waals surface area contributed by atoms with Crippen LogP contribution < -0.4 is 5.32 Å². The van der Waals surface area contributed by atoms with Gasteiger partial charge in [-0.2, -0.15) is 0 Å². The fourth-order valence-corrected chi connectivity index (χ4v) is 3.14. The molecule has 0 unspecified atom stereocenters. The van der Waals surface area contributed by atoms with Crippen LogP contribution in [0.1, 0.15) is 29.3 Å². The van der Waals surface area contributed by atoms with Crippen molar-refractivity contribution in [3.63, 3.8) is 0 Å². The lowest BCUT2D eigenvalue weighted by atomic mass is 10.0. The number of benzene rings is 1. The van der Waals surface area contributed by atoms with Crippen molar-refractivity contribution in [1.29, 1.82) is 0 Å². The normalized spacial score (nSPS) is 15.5. The minimum Gasteiger partial charge on any atom is -0.459 e. The van der Waals surface area contributed by atoms with E-state index >= 15 is 0 Å². The van der Waals surface area contributed by atoms with Gasteiger partial charge in [0.05, 0.1) is 6.26 Å². The van der Waals surface area contributed by atoms with Crippen LogP contribution in [0.4, 0.5) is 0 Å². The zero-order valence-corrected chi connectivity index (χ0v) is 14.6. The molecule has 1 N–H and O–H groups in total. The van der Waals surface area contributed by atoms with Crippen molar-refractivity contribution in [1.82, 2.24) is 15.2 Å². The number of carbonyl (C=O) groups excluding carboxylic acids is 2. The highest BCUT2D eigenvalue weighted by Gasteiger charge is 2.25. The largest absolute Gasteiger partial charge is 0.459 e. The third-order valence-corrected chi connectivity index (χ3v) is 4.55. The third kappa shape index (κ3) is 3.92. The number of para-hydroxylation sites is 2. The van der Waals surface area contributed by atoms with Gasteiger partial charge in [-0.15, -0.1) is 0 Å². The molecule has 4 rings (SSSR count). The van der Waals surface area contributed by atoms with Crippen molar-refractivity contribution in [3.05, 3.63) is 60.4 Å². The summed E-state index contributed by atoms with van der Waals surface area (Å²) in [5.74, 6) is 0.428. The van der Waals surface area contributed by atoms with Crippen molar-refractivity contribution in [2.45, 2.75) is 18.9 Å². The molecule has 1 aliphatic rings. The zero-order valence-electron chi connectivity index (χ0n) is 14.6. The molecule has 138 valence electrons. The minimum absolute atomic E-state index is 0.0337. The number of nitrogens with one attached hydrogen (secondary N) is 1. The summed E-state index contributed by atoms with van der Waals surface area (Å²) < 4.78 is 10.7. The molecule has 1 aliphatic heterocycles. The van der Waals surface area contributed by atoms with E-state index in [1.54, 1.807) is 23.1 Å². The number of piperidine rings is 1. The van der Waals surface area contributed by atoms with E-state index in [4.69, 9.17) is 8.83 Å². The smallest absolute Gasteiger partial charge is 0.289 e. The maximum atomic E-state index is 12.2. The number of fused-ring (bicyclic) bond motifs is 1. The molecule has 27 heavy (non-hydrogen) atoms. The second-order valence-electron chi connectivity index (χ2n) is 6.41. The molecule has 3 aromatic rings. The number of oxazole rings is 1. The second kappa shape index (κ2) is 7.49. The Kier molecular flexibility index (Phi) is 4.74. The van der Waals surface area contributed by atoms with E-state index in [1.807, 2.05) is 24.3 Å². The molecule has 0 atom stereocenters. The number of furan rings is 1. The fraction of sp³-hybridized carbons (Fsp3) is 0.250. The van der Waals surface area contributed by atoms with Crippen LogP contribution in [-0.2, 0) is 4.79 Å². The van der Waals surface area contributed by atoms with Gasteiger partial charge >= 0.3 is 0 Å². The van der Waals surface area contributed by atoms with Gasteiger partial charge in [-0.05, 0) is 37.1 Å². The summed E-state index contributed by atoms with van der Waals surface area (Å²) in [7, 11) is 0. The van der Waals surface area contributed by atoms with Crippen LogP contribution in [0, 0.1) is 0 Å². The molecular weight excluding hydrogens is 346 g/mol. The number of hydrogen-bond acceptors (Lipinski definition) is 5. The molecule has 0 bridgehead atoms. The number of carbonyl (C=O) groups is 2. The van der Waals surface area contributed by atoms with E-state index < -0.39 is 0 Å². The van der Waals surface area contributed by atoms with Crippen LogP contribution >= 0.6 is 0 Å². The molecule has 2 amide bonds. The highest BCUT2D eigenvalue weighted by molar-refractivity contribution is 5.92. The first-order chi connectivity index (χ1) is 13.2. The molecule has 7 nitrogen and oxygen atoms in total. The number of aromatic nitrogens is 1. The highest BCUT2D eigenvalue weighted by Crippen LogP contribution is 2.16. The first kappa shape index (κ1) is 17.1. The molecular formula is C20H19N3O4. The predicted molar refractivity (Wildman–Crippen MR) is 98.8 cm³/mol. The van der Waals surface area contributed by atoms with E-state index in [-0.39, 0.29) is 17.9 Å². The SMILES string of the molecule is O=C(/C=C/c1nc2ccccc2o1)NC1CCN(C(=O)c2ccco2)CC1. The molecule has 1 aromatic carbocycles. The average Bonchev–Trinajstić information content (AvgIpc) is 3.36. The molecule has 1 saturated heterocycles. The Hall–Kier alpha value is -3.35. The number of hydrogen-bond donors (Lipinski definition) is 1. The Labute approximate surface area is 155 Å². The van der Waals surface area contributed by atoms with Gasteiger partial charge < -0.3 is 19.1 Å². The van der Waals surface area contributed by atoms with E-state index in [9.17, 15) is 9.59 Å². The van der Waals surface area contributed by atoms with Crippen molar-refractivity contribution in [2.24, 2.45) is 0 Å². The monoisotopic (exact) mass is 365 g/mol. The Morgan fingerprint density at radius 1 is 1.15 bits per heavy atom. The highest BCUT2D eigenvalue weighted by atomic mass is 16.3. The van der Waals surface area contributed by atoms with E-state index in [1.165, 1.54) is 12.3 Å². The second-order valence-corrected chi connectivity index (χ2v) is 6.41. The van der Waals surface area contributed by atoms with Gasteiger partial charge in [-0.1, -0.05) is 12.1 Å². The first-order valence-electron chi connectivity index (χ1n) is 8.86. The summed E-state index contributed by atoms with van der Waals surface area (Å²) in [4.78, 5) is 30.4. The van der Waals surface area contributed by atoms with Gasteiger partial charge in [-0.25, -0.2) is 4.98 Å². The summed E-state index contributed by atoms with van der Waals surface area (Å²) in [5, 5.41) is 2.96. The van der Waals surface area contributed by atoms with E-state index in [0.29, 0.717) is 43.2 Å². The van der Waals surface area contributed by atoms with Crippen molar-refractivity contribution < 1.29 is 18.4 Å². The van der Waals surface area contributed by atoms with Crippen molar-refractivity contribution >= 4 is 29.0 Å². The fourth-order valence-electron chi connectivity index (χ4n) is 3.14. The van der Waals surface area contributed by atoms with Crippen LogP contribution in [0.3, 0.4) is 0 Å². The lowest BCUT2D eigenvalue weighted by molar-refractivity contribution is -0.117. The minimum atomic E-state index is -0.201. The summed E-state index contributed by atoms with van der Waals surface area (Å²) in [5.41, 5.74) is 1.44. The quantitative estimate of drug-likeness (QED) is 0.718. The molecule has 2 aromatic heterocycles. The summed E-state index contributed by atoms with van der Waals surface area (Å²) in [6, 6.07) is 10.8. The average molecular weight is 365 g/mol. The summed E-state index contributed by atoms with van der Waals surface area (Å²) in [6.45, 7) is 1.17. The number of likely N-dealkylation sites (tertiary alicyclic amines) is 1. The Morgan fingerprint density at radius 3 is 2.70 bits per heavy atom. The number of rotatable bonds is 4. The van der Waals surface area contributed by atoms with E-state index in [0.717, 1.165) is 5.52 Å². The maximum Gasteiger partial charge on any atom is 0.289 e. The molecule has 3 heterocycles. The zero-order chi connectivity index (χ0) is 18.6. The molecule has 7 heteroatoms. The summed E-state index contributed by atoms with van der Waals surface area (Å²) in [6.07, 6.45) is 5.88. The van der Waals surface area contributed by atoms with Crippen LogP contribution in [-0.4, -0.2) is 40.8 Å². The molecule has 0 radical (unpaired) electrons. The van der Waals surface area contributed by atoms with Gasteiger partial charge in [0.15, 0.2) is 11.3 Å². The topological polar surface area (TPSA) is 88.6 Å². The van der Waals surface area contributed by atoms with Gasteiger partial charge in [0.25, 0.3) is 5.91 Å². The molecule has 0 aliphatic carbocycles. The van der Waals surface area contributed by atoms with Crippen LogP contribution in [0.15, 0.2) is 57.6 Å². The third-order valence-electron chi connectivity index (χ3n) is 4.55. The van der Waals surface area contributed by atoms with E-state index in [2.05, 4.69) is 10.3 Å². The Bertz CT molecular complexity index is 933. The first-order valence-corrected chi connectivity index (χ1v) is 8.86. The maximum absolute atomic E-state index is 12.2. The van der Waals surface area contributed by atoms with Gasteiger partial charge in [0.2, 0.25) is 11.8 Å². The predicted octanol–water partition coefficient (Wildman–Crippen LogP) is 2.86. The van der Waals surface area contributed by atoms with Gasteiger partial charge in [0.1, 0.15) is 5.52 Å². The van der Waals surface area contributed by atoms with Crippen molar-refractivity contribution in [3.8, 4) is 0 Å². The molecule has 0 saturated carbocycles.